The van der Waals surface area contributed by atoms with Crippen molar-refractivity contribution in [3.8, 4) is 6.07 Å². The molecule has 7 nitrogen and oxygen atoms in total. The van der Waals surface area contributed by atoms with E-state index in [1.807, 2.05) is 6.07 Å². The molecule has 1 unspecified atom stereocenters. The Kier molecular flexibility index (Phi) is 6.85. The van der Waals surface area contributed by atoms with Crippen molar-refractivity contribution in [3.63, 3.8) is 0 Å². The van der Waals surface area contributed by atoms with E-state index in [1.165, 1.54) is 6.92 Å². The first kappa shape index (κ1) is 21.1. The number of carbonyl (C=O) groups is 2. The van der Waals surface area contributed by atoms with Gasteiger partial charge in [-0.2, -0.15) is 5.26 Å². The van der Waals surface area contributed by atoms with Crippen LogP contribution in [0.4, 0.5) is 0 Å². The van der Waals surface area contributed by atoms with Crippen molar-refractivity contribution in [1.29, 1.82) is 5.26 Å². The Morgan fingerprint density at radius 2 is 1.96 bits per heavy atom. The van der Waals surface area contributed by atoms with Crippen molar-refractivity contribution in [2.24, 2.45) is 5.73 Å². The Morgan fingerprint density at radius 3 is 2.57 bits per heavy atom. The average molecular weight is 403 g/mol. The molecule has 1 aliphatic rings. The maximum Gasteiger partial charge on any atom is 0.340 e. The van der Waals surface area contributed by atoms with Crippen LogP contribution in [0.2, 0.25) is 5.02 Å². The molecule has 1 heterocycles. The first-order chi connectivity index (χ1) is 13.3. The molecule has 0 radical (unpaired) electrons. The number of hydrogen-bond donors (Lipinski definition) is 1. The lowest BCUT2D eigenvalue weighted by Crippen LogP contribution is -2.27. The van der Waals surface area contributed by atoms with Gasteiger partial charge in [0.2, 0.25) is 5.88 Å². The summed E-state index contributed by atoms with van der Waals surface area (Å²) in [6.07, 6.45) is 0. The zero-order valence-corrected chi connectivity index (χ0v) is 16.2. The summed E-state index contributed by atoms with van der Waals surface area (Å²) in [5.74, 6) is -2.12. The van der Waals surface area contributed by atoms with Gasteiger partial charge in [-0.15, -0.1) is 0 Å². The van der Waals surface area contributed by atoms with Gasteiger partial charge in [-0.25, -0.2) is 9.59 Å². The van der Waals surface area contributed by atoms with Gasteiger partial charge in [0, 0.05) is 10.6 Å². The summed E-state index contributed by atoms with van der Waals surface area (Å²) in [7, 11) is 0. The number of benzene rings is 1. The number of rotatable bonds is 6. The molecular formula is C20H19ClN2O5. The standard InChI is InChI=1S/C20H19ClN2O5/c1-11(2)19(24)26-8-9-27-20(25)17-16(13-6-4-5-7-15(13)21)14(10-22)12(3)28-18(17)23/h4-7,16H,1,8-9,23H2,2-3H3. The molecule has 0 fully saturated rings. The van der Waals surface area contributed by atoms with Crippen molar-refractivity contribution in [2.75, 3.05) is 13.2 Å². The molecule has 2 rings (SSSR count). The molecule has 0 aromatic heterocycles. The number of nitrogens with zero attached hydrogens (tertiary/aromatic N) is 1. The van der Waals surface area contributed by atoms with Crippen molar-refractivity contribution in [1.82, 2.24) is 0 Å². The van der Waals surface area contributed by atoms with Gasteiger partial charge in [-0.05, 0) is 25.5 Å². The summed E-state index contributed by atoms with van der Waals surface area (Å²) in [5.41, 5.74) is 6.84. The monoisotopic (exact) mass is 402 g/mol. The van der Waals surface area contributed by atoms with E-state index in [4.69, 9.17) is 31.5 Å². The molecule has 0 bridgehead atoms. The second kappa shape index (κ2) is 9.11. The minimum Gasteiger partial charge on any atom is -0.459 e. The third-order valence-electron chi connectivity index (χ3n) is 3.94. The third kappa shape index (κ3) is 4.53. The van der Waals surface area contributed by atoms with E-state index >= 15 is 0 Å². The predicted molar refractivity (Wildman–Crippen MR) is 102 cm³/mol. The zero-order chi connectivity index (χ0) is 20.8. The molecule has 0 amide bonds. The number of carbonyl (C=O) groups excluding carboxylic acids is 2. The first-order valence-corrected chi connectivity index (χ1v) is 8.68. The van der Waals surface area contributed by atoms with Gasteiger partial charge in [0.25, 0.3) is 0 Å². The molecule has 0 saturated carbocycles. The molecule has 1 aromatic carbocycles. The van der Waals surface area contributed by atoms with Crippen LogP contribution < -0.4 is 5.73 Å². The van der Waals surface area contributed by atoms with Gasteiger partial charge >= 0.3 is 11.9 Å². The SMILES string of the molecule is C=C(C)C(=O)OCCOC(=O)C1=C(N)OC(C)=C(C#N)C1c1ccccc1Cl. The van der Waals surface area contributed by atoms with Crippen LogP contribution in [0.15, 0.2) is 59.2 Å². The highest BCUT2D eigenvalue weighted by Gasteiger charge is 2.37. The maximum atomic E-state index is 12.7. The van der Waals surface area contributed by atoms with Crippen molar-refractivity contribution >= 4 is 23.5 Å². The van der Waals surface area contributed by atoms with E-state index in [0.29, 0.717) is 10.6 Å². The number of hydrogen-bond acceptors (Lipinski definition) is 7. The van der Waals surface area contributed by atoms with Crippen LogP contribution in [0.1, 0.15) is 25.3 Å². The van der Waals surface area contributed by atoms with Crippen LogP contribution in [0.3, 0.4) is 0 Å². The third-order valence-corrected chi connectivity index (χ3v) is 4.28. The minimum absolute atomic E-state index is 0.0403. The van der Waals surface area contributed by atoms with Gasteiger partial charge in [0.05, 0.1) is 17.6 Å². The van der Waals surface area contributed by atoms with Crippen molar-refractivity contribution in [3.05, 3.63) is 69.8 Å². The van der Waals surface area contributed by atoms with Crippen LogP contribution in [0.25, 0.3) is 0 Å². The minimum atomic E-state index is -0.835. The molecule has 1 aromatic rings. The fraction of sp³-hybridized carbons (Fsp3) is 0.250. The lowest BCUT2D eigenvalue weighted by Gasteiger charge is -2.27. The molecule has 28 heavy (non-hydrogen) atoms. The van der Waals surface area contributed by atoms with Crippen LogP contribution in [0, 0.1) is 11.3 Å². The van der Waals surface area contributed by atoms with E-state index in [2.05, 4.69) is 6.58 Å². The summed E-state index contributed by atoms with van der Waals surface area (Å²) in [6.45, 7) is 6.19. The fourth-order valence-electron chi connectivity index (χ4n) is 2.62. The van der Waals surface area contributed by atoms with Crippen molar-refractivity contribution in [2.45, 2.75) is 19.8 Å². The lowest BCUT2D eigenvalue weighted by molar-refractivity contribution is -0.147. The zero-order valence-electron chi connectivity index (χ0n) is 15.5. The lowest BCUT2D eigenvalue weighted by atomic mass is 9.83. The number of halogens is 1. The fourth-order valence-corrected chi connectivity index (χ4v) is 2.86. The average Bonchev–Trinajstić information content (AvgIpc) is 2.64. The summed E-state index contributed by atoms with van der Waals surface area (Å²) < 4.78 is 15.4. The van der Waals surface area contributed by atoms with Gasteiger partial charge in [-0.3, -0.25) is 0 Å². The molecule has 146 valence electrons. The van der Waals surface area contributed by atoms with Gasteiger partial charge in [0.1, 0.15) is 24.5 Å². The maximum absolute atomic E-state index is 12.7. The first-order valence-electron chi connectivity index (χ1n) is 8.30. The van der Waals surface area contributed by atoms with Crippen molar-refractivity contribution < 1.29 is 23.8 Å². The summed E-state index contributed by atoms with van der Waals surface area (Å²) in [4.78, 5) is 24.0. The van der Waals surface area contributed by atoms with Crippen LogP contribution in [-0.4, -0.2) is 25.2 Å². The second-order valence-corrected chi connectivity index (χ2v) is 6.38. The van der Waals surface area contributed by atoms with E-state index in [9.17, 15) is 14.9 Å². The largest absolute Gasteiger partial charge is 0.459 e. The van der Waals surface area contributed by atoms with E-state index in [0.717, 1.165) is 0 Å². The van der Waals surface area contributed by atoms with Crippen LogP contribution in [0.5, 0.6) is 0 Å². The molecule has 0 saturated heterocycles. The van der Waals surface area contributed by atoms with E-state index < -0.39 is 17.9 Å². The number of allylic oxidation sites excluding steroid dienone is 2. The van der Waals surface area contributed by atoms with Crippen LogP contribution in [-0.2, 0) is 23.8 Å². The predicted octanol–water partition coefficient (Wildman–Crippen LogP) is 3.08. The Morgan fingerprint density at radius 1 is 1.32 bits per heavy atom. The normalized spacial score (nSPS) is 16.1. The molecule has 2 N–H and O–H groups in total. The summed E-state index contributed by atoms with van der Waals surface area (Å²) in [5, 5.41) is 9.95. The Bertz CT molecular complexity index is 927. The Labute approximate surface area is 167 Å². The highest BCUT2D eigenvalue weighted by Crippen LogP contribution is 2.41. The number of esters is 2. The highest BCUT2D eigenvalue weighted by atomic mass is 35.5. The number of nitriles is 1. The Hall–Kier alpha value is -3.24. The van der Waals surface area contributed by atoms with Gasteiger partial charge in [-0.1, -0.05) is 36.4 Å². The molecule has 8 heteroatoms. The highest BCUT2D eigenvalue weighted by molar-refractivity contribution is 6.31. The number of ether oxygens (including phenoxy) is 3. The van der Waals surface area contributed by atoms with E-state index in [-0.39, 0.29) is 41.6 Å². The van der Waals surface area contributed by atoms with Gasteiger partial charge < -0.3 is 19.9 Å². The molecule has 0 spiro atoms. The van der Waals surface area contributed by atoms with Crippen LogP contribution >= 0.6 is 11.6 Å². The summed E-state index contributed by atoms with van der Waals surface area (Å²) >= 11 is 6.28. The molecule has 1 atom stereocenters. The summed E-state index contributed by atoms with van der Waals surface area (Å²) in [6, 6.07) is 8.85. The van der Waals surface area contributed by atoms with E-state index in [1.54, 1.807) is 31.2 Å². The molecular weight excluding hydrogens is 384 g/mol. The number of nitrogens with two attached hydrogens (primary N) is 1. The molecule has 1 aliphatic heterocycles. The van der Waals surface area contributed by atoms with Gasteiger partial charge in [0.15, 0.2) is 0 Å². The quantitative estimate of drug-likeness (QED) is 0.442. The Balaban J connectivity index is 2.27. The topological polar surface area (TPSA) is 112 Å². The molecule has 0 aliphatic carbocycles. The second-order valence-electron chi connectivity index (χ2n) is 5.97. The smallest absolute Gasteiger partial charge is 0.340 e.